The van der Waals surface area contributed by atoms with E-state index in [9.17, 15) is 5.11 Å². The summed E-state index contributed by atoms with van der Waals surface area (Å²) in [6.07, 6.45) is 7.69. The summed E-state index contributed by atoms with van der Waals surface area (Å²) < 4.78 is 5.23. The van der Waals surface area contributed by atoms with Gasteiger partial charge in [-0.2, -0.15) is 0 Å². The van der Waals surface area contributed by atoms with Gasteiger partial charge in [0, 0.05) is 19.2 Å². The summed E-state index contributed by atoms with van der Waals surface area (Å²) in [5.41, 5.74) is 0. The first-order valence-corrected chi connectivity index (χ1v) is 6.70. The fourth-order valence-electron chi connectivity index (χ4n) is 2.49. The number of rotatable bonds is 6. The van der Waals surface area contributed by atoms with Crippen molar-refractivity contribution in [2.75, 3.05) is 26.8 Å². The summed E-state index contributed by atoms with van der Waals surface area (Å²) in [7, 11) is 2.13. The highest BCUT2D eigenvalue weighted by Gasteiger charge is 2.18. The van der Waals surface area contributed by atoms with Crippen molar-refractivity contribution >= 4 is 0 Å². The lowest BCUT2D eigenvalue weighted by Gasteiger charge is -2.28. The maximum absolute atomic E-state index is 9.78. The molecule has 1 aliphatic carbocycles. The minimum absolute atomic E-state index is 0.340. The zero-order valence-electron chi connectivity index (χ0n) is 10.8. The third kappa shape index (κ3) is 5.28. The van der Waals surface area contributed by atoms with Gasteiger partial charge in [-0.05, 0) is 26.8 Å². The lowest BCUT2D eigenvalue weighted by Crippen LogP contribution is -2.39. The quantitative estimate of drug-likeness (QED) is 0.707. The molecule has 0 aromatic heterocycles. The molecule has 3 heteroatoms. The monoisotopic (exact) mass is 229 g/mol. The third-order valence-electron chi connectivity index (χ3n) is 3.46. The molecule has 0 radical (unpaired) electrons. The van der Waals surface area contributed by atoms with Crippen LogP contribution in [-0.2, 0) is 4.74 Å². The molecule has 0 amide bonds. The molecule has 96 valence electrons. The van der Waals surface area contributed by atoms with E-state index in [1.165, 1.54) is 38.5 Å². The van der Waals surface area contributed by atoms with Crippen molar-refractivity contribution in [3.05, 3.63) is 0 Å². The Morgan fingerprint density at radius 2 is 1.88 bits per heavy atom. The van der Waals surface area contributed by atoms with Gasteiger partial charge in [-0.3, -0.25) is 0 Å². The van der Waals surface area contributed by atoms with Gasteiger partial charge >= 0.3 is 0 Å². The van der Waals surface area contributed by atoms with Crippen LogP contribution in [0, 0.1) is 0 Å². The van der Waals surface area contributed by atoms with E-state index in [4.69, 9.17) is 4.74 Å². The van der Waals surface area contributed by atoms with Crippen molar-refractivity contribution in [2.24, 2.45) is 0 Å². The Bertz CT molecular complexity index is 167. The third-order valence-corrected chi connectivity index (χ3v) is 3.46. The van der Waals surface area contributed by atoms with Crippen LogP contribution in [0.15, 0.2) is 0 Å². The van der Waals surface area contributed by atoms with E-state index >= 15 is 0 Å². The first-order valence-electron chi connectivity index (χ1n) is 6.70. The molecule has 1 aliphatic rings. The summed E-state index contributed by atoms with van der Waals surface area (Å²) in [6, 6.07) is 0.666. The average Bonchev–Trinajstić information content (AvgIpc) is 2.54. The molecule has 3 nitrogen and oxygen atoms in total. The molecule has 1 unspecified atom stereocenters. The molecule has 1 N–H and O–H groups in total. The first kappa shape index (κ1) is 13.9. The maximum atomic E-state index is 9.78. The number of likely N-dealkylation sites (N-methyl/N-ethyl adjacent to an activating group) is 1. The summed E-state index contributed by atoms with van der Waals surface area (Å²) in [4.78, 5) is 2.31. The Morgan fingerprint density at radius 1 is 1.25 bits per heavy atom. The number of aliphatic hydroxyl groups excluding tert-OH is 1. The molecular weight excluding hydrogens is 202 g/mol. The van der Waals surface area contributed by atoms with E-state index in [0.717, 1.165) is 6.54 Å². The Kier molecular flexibility index (Phi) is 7.01. The Labute approximate surface area is 99.8 Å². The summed E-state index contributed by atoms with van der Waals surface area (Å²) in [5.74, 6) is 0. The predicted octanol–water partition coefficient (Wildman–Crippen LogP) is 2.04. The van der Waals surface area contributed by atoms with E-state index in [2.05, 4.69) is 11.9 Å². The Morgan fingerprint density at radius 3 is 2.44 bits per heavy atom. The molecule has 0 saturated heterocycles. The number of ether oxygens (including phenoxy) is 1. The van der Waals surface area contributed by atoms with Gasteiger partial charge in [0.15, 0.2) is 0 Å². The van der Waals surface area contributed by atoms with Crippen LogP contribution in [0.2, 0.25) is 0 Å². The molecule has 0 aromatic carbocycles. The van der Waals surface area contributed by atoms with Crippen molar-refractivity contribution in [3.63, 3.8) is 0 Å². The molecule has 0 bridgehead atoms. The van der Waals surface area contributed by atoms with Gasteiger partial charge in [0.25, 0.3) is 0 Å². The van der Waals surface area contributed by atoms with Crippen molar-refractivity contribution in [2.45, 2.75) is 57.6 Å². The second-order valence-electron chi connectivity index (χ2n) is 4.90. The SMILES string of the molecule is CCOCC(O)CN(C)C1CCCCCC1. The molecule has 0 aliphatic heterocycles. The Balaban J connectivity index is 2.23. The normalized spacial score (nSPS) is 21.0. The van der Waals surface area contributed by atoms with Crippen molar-refractivity contribution in [3.8, 4) is 0 Å². The molecule has 1 atom stereocenters. The van der Waals surface area contributed by atoms with Gasteiger partial charge in [0.1, 0.15) is 0 Å². The first-order chi connectivity index (χ1) is 7.74. The average molecular weight is 229 g/mol. The van der Waals surface area contributed by atoms with Gasteiger partial charge in [-0.15, -0.1) is 0 Å². The molecule has 0 spiro atoms. The summed E-state index contributed by atoms with van der Waals surface area (Å²) >= 11 is 0. The van der Waals surface area contributed by atoms with Gasteiger partial charge in [-0.25, -0.2) is 0 Å². The predicted molar refractivity (Wildman–Crippen MR) is 66.6 cm³/mol. The lowest BCUT2D eigenvalue weighted by molar-refractivity contribution is 0.0171. The van der Waals surface area contributed by atoms with E-state index < -0.39 is 0 Å². The van der Waals surface area contributed by atoms with Gasteiger partial charge in [0.05, 0.1) is 12.7 Å². The molecular formula is C13H27NO2. The van der Waals surface area contributed by atoms with Crippen molar-refractivity contribution in [1.82, 2.24) is 4.90 Å². The highest BCUT2D eigenvalue weighted by Crippen LogP contribution is 2.21. The highest BCUT2D eigenvalue weighted by atomic mass is 16.5. The zero-order valence-corrected chi connectivity index (χ0v) is 10.8. The number of nitrogens with zero attached hydrogens (tertiary/aromatic N) is 1. The minimum atomic E-state index is -0.340. The second kappa shape index (κ2) is 8.04. The van der Waals surface area contributed by atoms with Crippen LogP contribution in [0.3, 0.4) is 0 Å². The van der Waals surface area contributed by atoms with Gasteiger partial charge in [-0.1, -0.05) is 25.7 Å². The number of aliphatic hydroxyl groups is 1. The van der Waals surface area contributed by atoms with Crippen LogP contribution in [-0.4, -0.2) is 49.0 Å². The minimum Gasteiger partial charge on any atom is -0.389 e. The van der Waals surface area contributed by atoms with E-state index in [-0.39, 0.29) is 6.10 Å². The van der Waals surface area contributed by atoms with Crippen molar-refractivity contribution in [1.29, 1.82) is 0 Å². The molecule has 16 heavy (non-hydrogen) atoms. The molecule has 1 saturated carbocycles. The van der Waals surface area contributed by atoms with Crippen LogP contribution in [0.4, 0.5) is 0 Å². The maximum Gasteiger partial charge on any atom is 0.0900 e. The second-order valence-corrected chi connectivity index (χ2v) is 4.90. The molecule has 0 heterocycles. The fourth-order valence-corrected chi connectivity index (χ4v) is 2.49. The Hall–Kier alpha value is -0.120. The van der Waals surface area contributed by atoms with Crippen LogP contribution in [0.5, 0.6) is 0 Å². The fraction of sp³-hybridized carbons (Fsp3) is 1.00. The zero-order chi connectivity index (χ0) is 11.8. The summed E-state index contributed by atoms with van der Waals surface area (Å²) in [5, 5.41) is 9.78. The molecule has 0 aromatic rings. The smallest absolute Gasteiger partial charge is 0.0900 e. The van der Waals surface area contributed by atoms with E-state index in [0.29, 0.717) is 19.3 Å². The van der Waals surface area contributed by atoms with Crippen LogP contribution in [0.25, 0.3) is 0 Å². The van der Waals surface area contributed by atoms with Crippen LogP contribution < -0.4 is 0 Å². The lowest BCUT2D eigenvalue weighted by atomic mass is 10.1. The highest BCUT2D eigenvalue weighted by molar-refractivity contribution is 4.74. The van der Waals surface area contributed by atoms with Gasteiger partial charge in [0.2, 0.25) is 0 Å². The largest absolute Gasteiger partial charge is 0.389 e. The molecule has 1 rings (SSSR count). The van der Waals surface area contributed by atoms with E-state index in [1.54, 1.807) is 0 Å². The van der Waals surface area contributed by atoms with Crippen LogP contribution >= 0.6 is 0 Å². The topological polar surface area (TPSA) is 32.7 Å². The van der Waals surface area contributed by atoms with Crippen LogP contribution in [0.1, 0.15) is 45.4 Å². The van der Waals surface area contributed by atoms with Crippen molar-refractivity contribution < 1.29 is 9.84 Å². The van der Waals surface area contributed by atoms with E-state index in [1.807, 2.05) is 6.92 Å². The number of hydrogen-bond donors (Lipinski definition) is 1. The summed E-state index contributed by atoms with van der Waals surface area (Å²) in [6.45, 7) is 3.85. The van der Waals surface area contributed by atoms with Gasteiger partial charge < -0.3 is 14.7 Å². The standard InChI is InChI=1S/C13H27NO2/c1-3-16-11-13(15)10-14(2)12-8-6-4-5-7-9-12/h12-13,15H,3-11H2,1-2H3. The number of hydrogen-bond acceptors (Lipinski definition) is 3. The molecule has 1 fully saturated rings.